The standard InChI is InChI=1S/C17H15F3O2/c1-2-16(21)13-6-8-15(9-7-13)22-11-12-4-3-5-14(10-12)17(18,19)20/h3-10H,2,11H2,1H3. The Bertz CT molecular complexity index is 646. The van der Waals surface area contributed by atoms with Crippen molar-refractivity contribution in [2.45, 2.75) is 26.1 Å². The van der Waals surface area contributed by atoms with Gasteiger partial charge < -0.3 is 4.74 Å². The number of alkyl halides is 3. The summed E-state index contributed by atoms with van der Waals surface area (Å²) < 4.78 is 43.3. The highest BCUT2D eigenvalue weighted by molar-refractivity contribution is 5.95. The molecule has 2 aromatic rings. The lowest BCUT2D eigenvalue weighted by Crippen LogP contribution is -2.06. The van der Waals surface area contributed by atoms with E-state index in [2.05, 4.69) is 0 Å². The lowest BCUT2D eigenvalue weighted by molar-refractivity contribution is -0.137. The number of carbonyl (C=O) groups excluding carboxylic acids is 1. The second-order valence-corrected chi connectivity index (χ2v) is 4.79. The summed E-state index contributed by atoms with van der Waals surface area (Å²) in [6, 6.07) is 11.6. The van der Waals surface area contributed by atoms with Gasteiger partial charge in [0.2, 0.25) is 0 Å². The minimum absolute atomic E-state index is 0.0319. The molecule has 0 heterocycles. The molecule has 0 N–H and O–H groups in total. The van der Waals surface area contributed by atoms with Crippen molar-refractivity contribution in [3.05, 3.63) is 65.2 Å². The fourth-order valence-corrected chi connectivity index (χ4v) is 1.95. The zero-order valence-electron chi connectivity index (χ0n) is 12.0. The Balaban J connectivity index is 2.03. The van der Waals surface area contributed by atoms with E-state index in [1.165, 1.54) is 6.07 Å². The highest BCUT2D eigenvalue weighted by Gasteiger charge is 2.30. The molecule has 0 spiro atoms. The van der Waals surface area contributed by atoms with E-state index in [-0.39, 0.29) is 12.4 Å². The normalized spacial score (nSPS) is 11.3. The van der Waals surface area contributed by atoms with Crippen molar-refractivity contribution in [1.29, 1.82) is 0 Å². The summed E-state index contributed by atoms with van der Waals surface area (Å²) in [5.41, 5.74) is 0.329. The monoisotopic (exact) mass is 308 g/mol. The number of carbonyl (C=O) groups is 1. The van der Waals surface area contributed by atoms with Crippen LogP contribution in [-0.2, 0) is 12.8 Å². The Kier molecular flexibility index (Phi) is 4.85. The van der Waals surface area contributed by atoms with Crippen molar-refractivity contribution >= 4 is 5.78 Å². The molecule has 22 heavy (non-hydrogen) atoms. The maximum absolute atomic E-state index is 12.6. The molecule has 0 fully saturated rings. The summed E-state index contributed by atoms with van der Waals surface area (Å²) in [6.07, 6.45) is -3.94. The van der Waals surface area contributed by atoms with Crippen molar-refractivity contribution in [1.82, 2.24) is 0 Å². The summed E-state index contributed by atoms with van der Waals surface area (Å²) in [4.78, 5) is 11.5. The van der Waals surface area contributed by atoms with Crippen LogP contribution in [-0.4, -0.2) is 5.78 Å². The summed E-state index contributed by atoms with van der Waals surface area (Å²) in [5, 5.41) is 0. The summed E-state index contributed by atoms with van der Waals surface area (Å²) in [5.74, 6) is 0.537. The molecule has 0 unspecified atom stereocenters. The van der Waals surface area contributed by atoms with Crippen LogP contribution in [0.5, 0.6) is 5.75 Å². The third-order valence-corrected chi connectivity index (χ3v) is 3.16. The molecule has 0 aliphatic carbocycles. The number of rotatable bonds is 5. The van der Waals surface area contributed by atoms with Crippen molar-refractivity contribution in [3.63, 3.8) is 0 Å². The molecule has 2 rings (SSSR count). The molecule has 0 atom stereocenters. The minimum Gasteiger partial charge on any atom is -0.489 e. The molecule has 2 aromatic carbocycles. The van der Waals surface area contributed by atoms with Crippen LogP contribution in [0, 0.1) is 0 Å². The Labute approximate surface area is 126 Å². The molecule has 0 saturated carbocycles. The van der Waals surface area contributed by atoms with Gasteiger partial charge in [-0.3, -0.25) is 4.79 Å². The third kappa shape index (κ3) is 4.10. The fraction of sp³-hybridized carbons (Fsp3) is 0.235. The highest BCUT2D eigenvalue weighted by Crippen LogP contribution is 2.29. The molecule has 0 aliphatic rings. The third-order valence-electron chi connectivity index (χ3n) is 3.16. The molecular formula is C17H15F3O2. The first-order valence-electron chi connectivity index (χ1n) is 6.82. The highest BCUT2D eigenvalue weighted by atomic mass is 19.4. The van der Waals surface area contributed by atoms with E-state index < -0.39 is 11.7 Å². The van der Waals surface area contributed by atoms with Gasteiger partial charge in [0, 0.05) is 12.0 Å². The quantitative estimate of drug-likeness (QED) is 0.736. The number of ketones is 1. The lowest BCUT2D eigenvalue weighted by atomic mass is 10.1. The molecule has 0 aliphatic heterocycles. The maximum Gasteiger partial charge on any atom is 0.416 e. The van der Waals surface area contributed by atoms with Gasteiger partial charge in [0.05, 0.1) is 5.56 Å². The number of ether oxygens (including phenoxy) is 1. The number of Topliss-reactive ketones (excluding diaryl/α,β-unsaturated/α-hetero) is 1. The Morgan fingerprint density at radius 1 is 1.09 bits per heavy atom. The van der Waals surface area contributed by atoms with Crippen LogP contribution in [0.25, 0.3) is 0 Å². The van der Waals surface area contributed by atoms with Crippen LogP contribution >= 0.6 is 0 Å². The van der Waals surface area contributed by atoms with Gasteiger partial charge in [-0.15, -0.1) is 0 Å². The zero-order chi connectivity index (χ0) is 16.2. The van der Waals surface area contributed by atoms with Crippen LogP contribution in [0.3, 0.4) is 0 Å². The van der Waals surface area contributed by atoms with E-state index in [0.717, 1.165) is 12.1 Å². The fourth-order valence-electron chi connectivity index (χ4n) is 1.95. The second-order valence-electron chi connectivity index (χ2n) is 4.79. The van der Waals surface area contributed by atoms with Crippen LogP contribution < -0.4 is 4.74 Å². The number of hydrogen-bond acceptors (Lipinski definition) is 2. The zero-order valence-corrected chi connectivity index (χ0v) is 12.0. The average molecular weight is 308 g/mol. The Morgan fingerprint density at radius 3 is 2.36 bits per heavy atom. The number of benzene rings is 2. The molecule has 2 nitrogen and oxygen atoms in total. The molecule has 0 amide bonds. The van der Waals surface area contributed by atoms with E-state index in [1.54, 1.807) is 37.3 Å². The van der Waals surface area contributed by atoms with Crippen LogP contribution in [0.15, 0.2) is 48.5 Å². The van der Waals surface area contributed by atoms with Gasteiger partial charge in [-0.2, -0.15) is 13.2 Å². The van der Waals surface area contributed by atoms with Crippen LogP contribution in [0.2, 0.25) is 0 Å². The SMILES string of the molecule is CCC(=O)c1ccc(OCc2cccc(C(F)(F)F)c2)cc1. The summed E-state index contributed by atoms with van der Waals surface area (Å²) >= 11 is 0. The van der Waals surface area contributed by atoms with Crippen molar-refractivity contribution < 1.29 is 22.7 Å². The van der Waals surface area contributed by atoms with Gasteiger partial charge in [-0.25, -0.2) is 0 Å². The molecular weight excluding hydrogens is 293 g/mol. The van der Waals surface area contributed by atoms with E-state index in [4.69, 9.17) is 4.74 Å². The van der Waals surface area contributed by atoms with Crippen molar-refractivity contribution in [2.24, 2.45) is 0 Å². The number of halogens is 3. The molecule has 116 valence electrons. The molecule has 0 aromatic heterocycles. The van der Waals surface area contributed by atoms with E-state index in [0.29, 0.717) is 23.3 Å². The smallest absolute Gasteiger partial charge is 0.416 e. The van der Waals surface area contributed by atoms with Crippen molar-refractivity contribution in [3.8, 4) is 5.75 Å². The summed E-state index contributed by atoms with van der Waals surface area (Å²) in [6.45, 7) is 1.81. The molecule has 0 bridgehead atoms. The van der Waals surface area contributed by atoms with Crippen molar-refractivity contribution in [2.75, 3.05) is 0 Å². The first-order valence-corrected chi connectivity index (χ1v) is 6.82. The van der Waals surface area contributed by atoms with E-state index in [9.17, 15) is 18.0 Å². The van der Waals surface area contributed by atoms with Gasteiger partial charge in [0.25, 0.3) is 0 Å². The number of hydrogen-bond donors (Lipinski definition) is 0. The topological polar surface area (TPSA) is 26.3 Å². The van der Waals surface area contributed by atoms with Crippen LogP contribution in [0.1, 0.15) is 34.8 Å². The van der Waals surface area contributed by atoms with E-state index >= 15 is 0 Å². The second kappa shape index (κ2) is 6.64. The van der Waals surface area contributed by atoms with Gasteiger partial charge >= 0.3 is 6.18 Å². The van der Waals surface area contributed by atoms with Gasteiger partial charge in [0.1, 0.15) is 12.4 Å². The maximum atomic E-state index is 12.6. The predicted molar refractivity (Wildman–Crippen MR) is 76.8 cm³/mol. The lowest BCUT2D eigenvalue weighted by Gasteiger charge is -2.10. The predicted octanol–water partition coefficient (Wildman–Crippen LogP) is 4.88. The van der Waals surface area contributed by atoms with Gasteiger partial charge in [-0.05, 0) is 42.0 Å². The van der Waals surface area contributed by atoms with E-state index in [1.807, 2.05) is 0 Å². The Hall–Kier alpha value is -2.30. The first-order chi connectivity index (χ1) is 10.4. The molecule has 0 saturated heterocycles. The van der Waals surface area contributed by atoms with Gasteiger partial charge in [0.15, 0.2) is 5.78 Å². The minimum atomic E-state index is -4.36. The van der Waals surface area contributed by atoms with Crippen LogP contribution in [0.4, 0.5) is 13.2 Å². The molecule has 0 radical (unpaired) electrons. The largest absolute Gasteiger partial charge is 0.489 e. The first kappa shape index (κ1) is 16.1. The average Bonchev–Trinajstić information content (AvgIpc) is 2.52. The Morgan fingerprint density at radius 2 is 1.77 bits per heavy atom. The van der Waals surface area contributed by atoms with Gasteiger partial charge in [-0.1, -0.05) is 19.1 Å². The molecule has 5 heteroatoms. The summed E-state index contributed by atoms with van der Waals surface area (Å²) in [7, 11) is 0.